The summed E-state index contributed by atoms with van der Waals surface area (Å²) in [7, 11) is 0. The number of halogens is 3. The molecule has 2 aromatic carbocycles. The van der Waals surface area contributed by atoms with E-state index in [0.717, 1.165) is 11.1 Å². The second-order valence-corrected chi connectivity index (χ2v) is 6.71. The van der Waals surface area contributed by atoms with E-state index in [4.69, 9.17) is 34.8 Å². The standard InChI is InChI=1S/C18H14Cl3N3O/c1-11-5-2-3-6-12(11)18(25)22-17-16(21)10-24(23-17)9-13-14(19)7-4-8-15(13)20/h2-8,10H,9H2,1H3,(H,22,23,25). The Morgan fingerprint density at radius 2 is 1.72 bits per heavy atom. The average Bonchev–Trinajstić information content (AvgIpc) is 2.91. The molecule has 0 bridgehead atoms. The lowest BCUT2D eigenvalue weighted by atomic mass is 10.1. The van der Waals surface area contributed by atoms with E-state index >= 15 is 0 Å². The second kappa shape index (κ2) is 7.48. The molecule has 1 aromatic heterocycles. The zero-order chi connectivity index (χ0) is 18.0. The van der Waals surface area contributed by atoms with Gasteiger partial charge in [-0.15, -0.1) is 0 Å². The summed E-state index contributed by atoms with van der Waals surface area (Å²) in [6.45, 7) is 2.22. The number of nitrogens with zero attached hydrogens (tertiary/aromatic N) is 2. The van der Waals surface area contributed by atoms with Crippen LogP contribution >= 0.6 is 34.8 Å². The quantitative estimate of drug-likeness (QED) is 0.639. The van der Waals surface area contributed by atoms with Gasteiger partial charge in [0, 0.05) is 27.4 Å². The third-order valence-corrected chi connectivity index (χ3v) is 4.71. The summed E-state index contributed by atoms with van der Waals surface area (Å²) in [5.74, 6) is 0.0270. The first-order chi connectivity index (χ1) is 12.0. The van der Waals surface area contributed by atoms with Crippen LogP contribution in [0.25, 0.3) is 0 Å². The number of amides is 1. The van der Waals surface area contributed by atoms with Crippen LogP contribution in [0.1, 0.15) is 21.5 Å². The van der Waals surface area contributed by atoms with Gasteiger partial charge in [0.05, 0.1) is 6.54 Å². The number of nitrogens with one attached hydrogen (secondary N) is 1. The average molecular weight is 395 g/mol. The van der Waals surface area contributed by atoms with Crippen molar-refractivity contribution in [1.29, 1.82) is 0 Å². The third kappa shape index (κ3) is 3.98. The molecule has 0 unspecified atom stereocenters. The minimum Gasteiger partial charge on any atom is -0.304 e. The highest BCUT2D eigenvalue weighted by atomic mass is 35.5. The van der Waals surface area contributed by atoms with E-state index in [9.17, 15) is 4.79 Å². The molecular weight excluding hydrogens is 381 g/mol. The minimum absolute atomic E-state index is 0.263. The van der Waals surface area contributed by atoms with Crippen LogP contribution in [0.5, 0.6) is 0 Å². The van der Waals surface area contributed by atoms with Gasteiger partial charge in [-0.05, 0) is 30.7 Å². The number of benzene rings is 2. The summed E-state index contributed by atoms with van der Waals surface area (Å²) in [6.07, 6.45) is 1.62. The van der Waals surface area contributed by atoms with Crippen molar-refractivity contribution in [2.75, 3.05) is 5.32 Å². The molecule has 1 amide bonds. The van der Waals surface area contributed by atoms with Gasteiger partial charge in [0.2, 0.25) is 0 Å². The topological polar surface area (TPSA) is 46.9 Å². The molecule has 7 heteroatoms. The Balaban J connectivity index is 1.81. The van der Waals surface area contributed by atoms with Gasteiger partial charge in [-0.25, -0.2) is 0 Å². The zero-order valence-corrected chi connectivity index (χ0v) is 15.5. The summed E-state index contributed by atoms with van der Waals surface area (Å²) >= 11 is 18.6. The molecule has 128 valence electrons. The van der Waals surface area contributed by atoms with Crippen LogP contribution in [-0.2, 0) is 6.54 Å². The molecule has 0 atom stereocenters. The van der Waals surface area contributed by atoms with E-state index in [2.05, 4.69) is 10.4 Å². The van der Waals surface area contributed by atoms with Crippen molar-refractivity contribution in [3.8, 4) is 0 Å². The highest BCUT2D eigenvalue weighted by Gasteiger charge is 2.15. The summed E-state index contributed by atoms with van der Waals surface area (Å²) in [5.41, 5.74) is 2.18. The first-order valence-electron chi connectivity index (χ1n) is 7.48. The maximum atomic E-state index is 12.4. The van der Waals surface area contributed by atoms with E-state index < -0.39 is 0 Å². The predicted molar refractivity (Wildman–Crippen MR) is 102 cm³/mol. The van der Waals surface area contributed by atoms with E-state index in [1.165, 1.54) is 0 Å². The number of aromatic nitrogens is 2. The highest BCUT2D eigenvalue weighted by molar-refractivity contribution is 6.36. The number of carbonyl (C=O) groups is 1. The van der Waals surface area contributed by atoms with Crippen molar-refractivity contribution in [2.24, 2.45) is 0 Å². The molecule has 1 heterocycles. The van der Waals surface area contributed by atoms with Gasteiger partial charge >= 0.3 is 0 Å². The lowest BCUT2D eigenvalue weighted by molar-refractivity contribution is 0.102. The van der Waals surface area contributed by atoms with Crippen molar-refractivity contribution in [3.63, 3.8) is 0 Å². The van der Waals surface area contributed by atoms with Crippen LogP contribution in [0.4, 0.5) is 5.82 Å². The summed E-state index contributed by atoms with van der Waals surface area (Å²) in [5, 5.41) is 8.48. The van der Waals surface area contributed by atoms with Crippen molar-refractivity contribution in [3.05, 3.63) is 80.4 Å². The lowest BCUT2D eigenvalue weighted by Crippen LogP contribution is -2.14. The van der Waals surface area contributed by atoms with Gasteiger partial charge in [0.15, 0.2) is 5.82 Å². The molecule has 4 nitrogen and oxygen atoms in total. The molecule has 0 aliphatic rings. The Kier molecular flexibility index (Phi) is 5.33. The number of hydrogen-bond donors (Lipinski definition) is 1. The van der Waals surface area contributed by atoms with Crippen LogP contribution in [0.15, 0.2) is 48.7 Å². The molecule has 0 radical (unpaired) electrons. The first-order valence-corrected chi connectivity index (χ1v) is 8.62. The SMILES string of the molecule is Cc1ccccc1C(=O)Nc1nn(Cc2c(Cl)cccc2Cl)cc1Cl. The molecule has 0 fully saturated rings. The molecule has 0 saturated heterocycles. The highest BCUT2D eigenvalue weighted by Crippen LogP contribution is 2.27. The summed E-state index contributed by atoms with van der Waals surface area (Å²) < 4.78 is 1.59. The van der Waals surface area contributed by atoms with Gasteiger partial charge in [0.1, 0.15) is 5.02 Å². The van der Waals surface area contributed by atoms with Crippen LogP contribution in [0, 0.1) is 6.92 Å². The zero-order valence-electron chi connectivity index (χ0n) is 13.3. The molecule has 1 N–H and O–H groups in total. The molecule has 3 rings (SSSR count). The summed E-state index contributed by atoms with van der Waals surface area (Å²) in [6, 6.07) is 12.6. The maximum Gasteiger partial charge on any atom is 0.257 e. The molecule has 0 saturated carbocycles. The molecule has 25 heavy (non-hydrogen) atoms. The fourth-order valence-electron chi connectivity index (χ4n) is 2.41. The molecule has 0 aliphatic heterocycles. The number of aryl methyl sites for hydroxylation is 1. The Bertz CT molecular complexity index is 917. The van der Waals surface area contributed by atoms with Gasteiger partial charge in [0.25, 0.3) is 5.91 Å². The van der Waals surface area contributed by atoms with E-state index in [1.54, 1.807) is 35.1 Å². The maximum absolute atomic E-state index is 12.4. The van der Waals surface area contributed by atoms with Crippen molar-refractivity contribution in [2.45, 2.75) is 13.5 Å². The van der Waals surface area contributed by atoms with Crippen molar-refractivity contribution in [1.82, 2.24) is 9.78 Å². The number of carbonyl (C=O) groups excluding carboxylic acids is 1. The summed E-state index contributed by atoms with van der Waals surface area (Å²) in [4.78, 5) is 12.4. The van der Waals surface area contributed by atoms with E-state index in [0.29, 0.717) is 27.2 Å². The van der Waals surface area contributed by atoms with Gasteiger partial charge in [-0.2, -0.15) is 5.10 Å². The first kappa shape index (κ1) is 17.8. The van der Waals surface area contributed by atoms with E-state index in [1.807, 2.05) is 25.1 Å². The Hall–Kier alpha value is -2.01. The Morgan fingerprint density at radius 1 is 1.04 bits per heavy atom. The monoisotopic (exact) mass is 393 g/mol. The second-order valence-electron chi connectivity index (χ2n) is 5.49. The predicted octanol–water partition coefficient (Wildman–Crippen LogP) is 5.45. The largest absolute Gasteiger partial charge is 0.304 e. The Labute approximate surface area is 160 Å². The van der Waals surface area contributed by atoms with Crippen LogP contribution < -0.4 is 5.32 Å². The fourth-order valence-corrected chi connectivity index (χ4v) is 3.13. The lowest BCUT2D eigenvalue weighted by Gasteiger charge is -2.07. The smallest absolute Gasteiger partial charge is 0.257 e. The molecule has 0 spiro atoms. The minimum atomic E-state index is -0.263. The van der Waals surface area contributed by atoms with Crippen LogP contribution in [-0.4, -0.2) is 15.7 Å². The van der Waals surface area contributed by atoms with Crippen molar-refractivity contribution >= 4 is 46.5 Å². The molecule has 0 aliphatic carbocycles. The van der Waals surface area contributed by atoms with Crippen molar-refractivity contribution < 1.29 is 4.79 Å². The third-order valence-electron chi connectivity index (χ3n) is 3.72. The van der Waals surface area contributed by atoms with E-state index in [-0.39, 0.29) is 11.7 Å². The van der Waals surface area contributed by atoms with Crippen LogP contribution in [0.2, 0.25) is 15.1 Å². The number of rotatable bonds is 4. The van der Waals surface area contributed by atoms with Gasteiger partial charge in [-0.3, -0.25) is 9.48 Å². The molecular formula is C18H14Cl3N3O. The number of hydrogen-bond acceptors (Lipinski definition) is 2. The van der Waals surface area contributed by atoms with Crippen LogP contribution in [0.3, 0.4) is 0 Å². The van der Waals surface area contributed by atoms with Gasteiger partial charge in [-0.1, -0.05) is 59.1 Å². The fraction of sp³-hybridized carbons (Fsp3) is 0.111. The Morgan fingerprint density at radius 3 is 2.40 bits per heavy atom. The number of anilines is 1. The van der Waals surface area contributed by atoms with Gasteiger partial charge < -0.3 is 5.32 Å². The normalized spacial score (nSPS) is 10.7. The molecule has 3 aromatic rings.